The van der Waals surface area contributed by atoms with Crippen LogP contribution in [0.15, 0.2) is 53.0 Å². The summed E-state index contributed by atoms with van der Waals surface area (Å²) in [6.45, 7) is 8.09. The van der Waals surface area contributed by atoms with Gasteiger partial charge >= 0.3 is 6.09 Å². The molecule has 0 spiro atoms. The molecule has 0 heterocycles. The second-order valence-corrected chi connectivity index (χ2v) is 8.10. The van der Waals surface area contributed by atoms with Gasteiger partial charge < -0.3 is 9.47 Å². The lowest BCUT2D eigenvalue weighted by molar-refractivity contribution is 0.0153. The fraction of sp³-hybridized carbons (Fsp3) is 0.381. The van der Waals surface area contributed by atoms with Gasteiger partial charge in [0.1, 0.15) is 11.4 Å². The predicted octanol–water partition coefficient (Wildman–Crippen LogP) is 5.96. The van der Waals surface area contributed by atoms with Gasteiger partial charge in [0.15, 0.2) is 0 Å². The Labute approximate surface area is 164 Å². The van der Waals surface area contributed by atoms with Crippen LogP contribution in [-0.4, -0.2) is 23.7 Å². The Bertz CT molecular complexity index is 720. The third kappa shape index (κ3) is 5.77. The molecule has 0 bridgehead atoms. The van der Waals surface area contributed by atoms with Crippen LogP contribution < -0.4 is 4.74 Å². The second-order valence-electron chi connectivity index (χ2n) is 7.18. The Morgan fingerprint density at radius 1 is 1.08 bits per heavy atom. The standard InChI is InChI=1S/C21H26BrNO3/c1-15(17-8-10-18(22)11-9-17)23(20(24)26-21(2,3)4)14-16-6-12-19(25-5)13-7-16/h6-13,15H,14H2,1-5H3/t15-/m0/s1. The first kappa shape index (κ1) is 20.3. The van der Waals surface area contributed by atoms with E-state index in [0.717, 1.165) is 21.3 Å². The number of hydrogen-bond acceptors (Lipinski definition) is 3. The van der Waals surface area contributed by atoms with Gasteiger partial charge in [-0.15, -0.1) is 0 Å². The first-order valence-corrected chi connectivity index (χ1v) is 9.37. The third-order valence-corrected chi connectivity index (χ3v) is 4.49. The molecule has 0 saturated carbocycles. The summed E-state index contributed by atoms with van der Waals surface area (Å²) in [7, 11) is 1.64. The van der Waals surface area contributed by atoms with Crippen LogP contribution in [-0.2, 0) is 11.3 Å². The molecule has 0 N–H and O–H groups in total. The SMILES string of the molecule is COc1ccc(CN(C(=O)OC(C)(C)C)[C@@H](C)c2ccc(Br)cc2)cc1. The van der Waals surface area contributed by atoms with Crippen LogP contribution in [0, 0.1) is 0 Å². The van der Waals surface area contributed by atoms with E-state index in [4.69, 9.17) is 9.47 Å². The van der Waals surface area contributed by atoms with Crippen molar-refractivity contribution in [3.05, 3.63) is 64.1 Å². The highest BCUT2D eigenvalue weighted by atomic mass is 79.9. The maximum absolute atomic E-state index is 12.8. The molecule has 1 atom stereocenters. The van der Waals surface area contributed by atoms with Crippen molar-refractivity contribution < 1.29 is 14.3 Å². The molecule has 0 aromatic heterocycles. The van der Waals surface area contributed by atoms with E-state index in [2.05, 4.69) is 15.9 Å². The minimum Gasteiger partial charge on any atom is -0.497 e. The van der Waals surface area contributed by atoms with E-state index >= 15 is 0 Å². The van der Waals surface area contributed by atoms with E-state index in [1.165, 1.54) is 0 Å². The summed E-state index contributed by atoms with van der Waals surface area (Å²) in [5, 5.41) is 0. The normalized spacial score (nSPS) is 12.4. The van der Waals surface area contributed by atoms with Gasteiger partial charge in [-0.25, -0.2) is 4.79 Å². The number of hydrogen-bond donors (Lipinski definition) is 0. The summed E-state index contributed by atoms with van der Waals surface area (Å²) in [4.78, 5) is 14.6. The summed E-state index contributed by atoms with van der Waals surface area (Å²) in [5.74, 6) is 0.790. The number of halogens is 1. The maximum atomic E-state index is 12.8. The largest absolute Gasteiger partial charge is 0.497 e. The predicted molar refractivity (Wildman–Crippen MR) is 107 cm³/mol. The maximum Gasteiger partial charge on any atom is 0.411 e. The zero-order chi connectivity index (χ0) is 19.3. The number of carbonyl (C=O) groups excluding carboxylic acids is 1. The first-order chi connectivity index (χ1) is 12.2. The molecule has 0 unspecified atom stereocenters. The zero-order valence-electron chi connectivity index (χ0n) is 16.0. The molecule has 140 valence electrons. The molecule has 0 aliphatic rings. The van der Waals surface area contributed by atoms with Crippen LogP contribution in [0.2, 0.25) is 0 Å². The highest BCUT2D eigenvalue weighted by Crippen LogP contribution is 2.26. The van der Waals surface area contributed by atoms with E-state index in [1.54, 1.807) is 12.0 Å². The van der Waals surface area contributed by atoms with Gasteiger partial charge in [0.2, 0.25) is 0 Å². The molecule has 0 aliphatic heterocycles. The molecule has 0 saturated heterocycles. The molecule has 2 rings (SSSR count). The van der Waals surface area contributed by atoms with E-state index in [0.29, 0.717) is 6.54 Å². The van der Waals surface area contributed by atoms with E-state index < -0.39 is 5.60 Å². The average Bonchev–Trinajstić information content (AvgIpc) is 2.58. The Balaban J connectivity index is 2.27. The molecule has 0 fully saturated rings. The third-order valence-electron chi connectivity index (χ3n) is 3.96. The first-order valence-electron chi connectivity index (χ1n) is 8.57. The monoisotopic (exact) mass is 419 g/mol. The van der Waals surface area contributed by atoms with Gasteiger partial charge in [-0.2, -0.15) is 0 Å². The van der Waals surface area contributed by atoms with Crippen molar-refractivity contribution in [3.63, 3.8) is 0 Å². The summed E-state index contributed by atoms with van der Waals surface area (Å²) in [6.07, 6.45) is -0.330. The summed E-state index contributed by atoms with van der Waals surface area (Å²) < 4.78 is 11.8. The molecule has 0 aliphatic carbocycles. The van der Waals surface area contributed by atoms with Crippen molar-refractivity contribution >= 4 is 22.0 Å². The Morgan fingerprint density at radius 2 is 1.65 bits per heavy atom. The molecule has 1 amide bonds. The quantitative estimate of drug-likeness (QED) is 0.600. The lowest BCUT2D eigenvalue weighted by Gasteiger charge is -2.32. The minimum atomic E-state index is -0.547. The topological polar surface area (TPSA) is 38.8 Å². The van der Waals surface area contributed by atoms with Crippen molar-refractivity contribution in [2.24, 2.45) is 0 Å². The fourth-order valence-electron chi connectivity index (χ4n) is 2.53. The van der Waals surface area contributed by atoms with Crippen LogP contribution in [0.4, 0.5) is 4.79 Å². The summed E-state index contributed by atoms with van der Waals surface area (Å²) in [5.41, 5.74) is 1.52. The van der Waals surface area contributed by atoms with Crippen LogP contribution in [0.3, 0.4) is 0 Å². The zero-order valence-corrected chi connectivity index (χ0v) is 17.5. The molecular weight excluding hydrogens is 394 g/mol. The van der Waals surface area contributed by atoms with E-state index in [-0.39, 0.29) is 12.1 Å². The number of benzene rings is 2. The van der Waals surface area contributed by atoms with Gasteiger partial charge in [0.25, 0.3) is 0 Å². The van der Waals surface area contributed by atoms with Gasteiger partial charge in [-0.1, -0.05) is 40.2 Å². The fourth-order valence-corrected chi connectivity index (χ4v) is 2.79. The molecular formula is C21H26BrNO3. The molecule has 2 aromatic rings. The van der Waals surface area contributed by atoms with Gasteiger partial charge in [0.05, 0.1) is 13.2 Å². The van der Waals surface area contributed by atoms with E-state index in [1.807, 2.05) is 76.2 Å². The number of rotatable bonds is 5. The molecule has 5 heteroatoms. The van der Waals surface area contributed by atoms with Crippen molar-refractivity contribution in [1.29, 1.82) is 0 Å². The van der Waals surface area contributed by atoms with Crippen molar-refractivity contribution in [3.8, 4) is 5.75 Å². The summed E-state index contributed by atoms with van der Waals surface area (Å²) >= 11 is 3.45. The smallest absolute Gasteiger partial charge is 0.411 e. The van der Waals surface area contributed by atoms with Crippen molar-refractivity contribution in [2.75, 3.05) is 7.11 Å². The lowest BCUT2D eigenvalue weighted by atomic mass is 10.1. The van der Waals surface area contributed by atoms with Gasteiger partial charge in [-0.05, 0) is 63.1 Å². The van der Waals surface area contributed by atoms with Gasteiger partial charge in [0, 0.05) is 11.0 Å². The average molecular weight is 420 g/mol. The van der Waals surface area contributed by atoms with E-state index in [9.17, 15) is 4.79 Å². The number of amides is 1. The lowest BCUT2D eigenvalue weighted by Crippen LogP contribution is -2.38. The van der Waals surface area contributed by atoms with Crippen LogP contribution >= 0.6 is 15.9 Å². The molecule has 26 heavy (non-hydrogen) atoms. The van der Waals surface area contributed by atoms with Crippen LogP contribution in [0.1, 0.15) is 44.9 Å². The number of methoxy groups -OCH3 is 1. The summed E-state index contributed by atoms with van der Waals surface area (Å²) in [6, 6.07) is 15.6. The van der Waals surface area contributed by atoms with Crippen LogP contribution in [0.25, 0.3) is 0 Å². The number of ether oxygens (including phenoxy) is 2. The Morgan fingerprint density at radius 3 is 2.15 bits per heavy atom. The minimum absolute atomic E-state index is 0.125. The molecule has 0 radical (unpaired) electrons. The molecule has 2 aromatic carbocycles. The van der Waals surface area contributed by atoms with Crippen molar-refractivity contribution in [2.45, 2.75) is 45.9 Å². The Hall–Kier alpha value is -2.01. The number of nitrogens with zero attached hydrogens (tertiary/aromatic N) is 1. The highest BCUT2D eigenvalue weighted by molar-refractivity contribution is 9.10. The number of carbonyl (C=O) groups is 1. The van der Waals surface area contributed by atoms with Gasteiger partial charge in [-0.3, -0.25) is 4.90 Å². The Kier molecular flexibility index (Phi) is 6.70. The molecule has 4 nitrogen and oxygen atoms in total. The van der Waals surface area contributed by atoms with Crippen molar-refractivity contribution in [1.82, 2.24) is 4.90 Å². The highest BCUT2D eigenvalue weighted by Gasteiger charge is 2.27. The second kappa shape index (κ2) is 8.58. The van der Waals surface area contributed by atoms with Crippen LogP contribution in [0.5, 0.6) is 5.75 Å².